The highest BCUT2D eigenvalue weighted by molar-refractivity contribution is 5.68. The van der Waals surface area contributed by atoms with Crippen LogP contribution in [0.3, 0.4) is 0 Å². The molecule has 3 rings (SSSR count). The third kappa shape index (κ3) is 3.50. The first kappa shape index (κ1) is 17.4. The van der Waals surface area contributed by atoms with E-state index in [2.05, 4.69) is 33.8 Å². The molecule has 0 spiro atoms. The predicted octanol–water partition coefficient (Wildman–Crippen LogP) is 3.04. The number of carbonyl (C=O) groups is 1. The first-order chi connectivity index (χ1) is 11.9. The molecule has 0 aliphatic heterocycles. The van der Waals surface area contributed by atoms with E-state index < -0.39 is 11.6 Å². The van der Waals surface area contributed by atoms with Crippen LogP contribution in [0.4, 0.5) is 4.79 Å². The predicted molar refractivity (Wildman–Crippen MR) is 93.5 cm³/mol. The number of benzene rings is 1. The van der Waals surface area contributed by atoms with Crippen LogP contribution in [0, 0.1) is 19.8 Å². The summed E-state index contributed by atoms with van der Waals surface area (Å²) >= 11 is 0. The van der Waals surface area contributed by atoms with Crippen molar-refractivity contribution >= 4 is 6.09 Å². The van der Waals surface area contributed by atoms with Gasteiger partial charge in [0.25, 0.3) is 0 Å². The molecular weight excluding hydrogens is 318 g/mol. The molecule has 1 heterocycles. The van der Waals surface area contributed by atoms with E-state index in [-0.39, 0.29) is 0 Å². The summed E-state index contributed by atoms with van der Waals surface area (Å²) in [4.78, 5) is 12.0. The van der Waals surface area contributed by atoms with Crippen molar-refractivity contribution in [2.24, 2.45) is 5.92 Å². The van der Waals surface area contributed by atoms with Crippen molar-refractivity contribution in [1.82, 2.24) is 25.5 Å². The summed E-state index contributed by atoms with van der Waals surface area (Å²) in [5.74, 6) is 1.29. The minimum absolute atomic E-state index is 0.454. The zero-order chi connectivity index (χ0) is 18.0. The number of aryl methyl sites for hydroxylation is 2. The Morgan fingerprint density at radius 3 is 2.48 bits per heavy atom. The van der Waals surface area contributed by atoms with Gasteiger partial charge in [-0.25, -0.2) is 4.79 Å². The highest BCUT2D eigenvalue weighted by Gasteiger charge is 2.42. The van der Waals surface area contributed by atoms with E-state index in [1.54, 1.807) is 4.68 Å². The Kier molecular flexibility index (Phi) is 4.74. The first-order valence-corrected chi connectivity index (χ1v) is 8.67. The molecule has 0 atom stereocenters. The number of ether oxygens (including phenoxy) is 1. The van der Waals surface area contributed by atoms with Gasteiger partial charge in [0.2, 0.25) is 0 Å². The molecule has 1 saturated carbocycles. The third-order valence-corrected chi connectivity index (χ3v) is 5.00. The normalized spacial score (nSPS) is 23.3. The lowest BCUT2D eigenvalue weighted by molar-refractivity contribution is 0.130. The quantitative estimate of drug-likeness (QED) is 0.926. The summed E-state index contributed by atoms with van der Waals surface area (Å²) in [5, 5.41) is 15.4. The summed E-state index contributed by atoms with van der Waals surface area (Å²) in [7, 11) is 1.38. The first-order valence-electron chi connectivity index (χ1n) is 8.67. The van der Waals surface area contributed by atoms with Gasteiger partial charge in [-0.05, 0) is 79.1 Å². The van der Waals surface area contributed by atoms with Crippen molar-refractivity contribution in [3.63, 3.8) is 0 Å². The highest BCUT2D eigenvalue weighted by atomic mass is 16.5. The van der Waals surface area contributed by atoms with Crippen molar-refractivity contribution in [2.75, 3.05) is 7.11 Å². The molecule has 1 aromatic heterocycles. The zero-order valence-corrected chi connectivity index (χ0v) is 15.2. The van der Waals surface area contributed by atoms with Gasteiger partial charge in [0.15, 0.2) is 5.82 Å². The van der Waals surface area contributed by atoms with Crippen LogP contribution in [0.5, 0.6) is 0 Å². The lowest BCUT2D eigenvalue weighted by atomic mass is 9.76. The standard InChI is InChI=1S/C18H25N5O2/c1-12-5-7-18(8-6-12,19-17(24)25-4)16-20-21-22-23(16)15-10-13(2)9-14(3)11-15/h9-12H,5-8H2,1-4H3,(H,19,24). The Morgan fingerprint density at radius 1 is 1.24 bits per heavy atom. The van der Waals surface area contributed by atoms with Gasteiger partial charge in [-0.3, -0.25) is 0 Å². The molecule has 0 radical (unpaired) electrons. The number of aromatic nitrogens is 4. The molecule has 1 aliphatic rings. The molecule has 1 amide bonds. The minimum Gasteiger partial charge on any atom is -0.453 e. The van der Waals surface area contributed by atoms with Crippen molar-refractivity contribution in [3.8, 4) is 5.69 Å². The Bertz CT molecular complexity index is 742. The molecule has 0 saturated heterocycles. The van der Waals surface area contributed by atoms with Crippen LogP contribution in [0.15, 0.2) is 18.2 Å². The number of hydrogen-bond acceptors (Lipinski definition) is 5. The van der Waals surface area contributed by atoms with E-state index in [0.29, 0.717) is 11.7 Å². The van der Waals surface area contributed by atoms with Crippen LogP contribution >= 0.6 is 0 Å². The molecule has 0 bridgehead atoms. The highest BCUT2D eigenvalue weighted by Crippen LogP contribution is 2.39. The molecule has 1 aromatic carbocycles. The van der Waals surface area contributed by atoms with Gasteiger partial charge >= 0.3 is 6.09 Å². The van der Waals surface area contributed by atoms with E-state index in [4.69, 9.17) is 4.74 Å². The monoisotopic (exact) mass is 343 g/mol. The average molecular weight is 343 g/mol. The fourth-order valence-corrected chi connectivity index (χ4v) is 3.64. The van der Waals surface area contributed by atoms with E-state index in [9.17, 15) is 4.79 Å². The summed E-state index contributed by atoms with van der Waals surface area (Å²) in [6.07, 6.45) is 3.13. The number of carbonyl (C=O) groups excluding carboxylic acids is 1. The number of alkyl carbamates (subject to hydrolysis) is 1. The van der Waals surface area contributed by atoms with Crippen molar-refractivity contribution in [1.29, 1.82) is 0 Å². The van der Waals surface area contributed by atoms with Crippen molar-refractivity contribution in [3.05, 3.63) is 35.2 Å². The molecule has 1 fully saturated rings. The second-order valence-electron chi connectivity index (χ2n) is 7.14. The minimum atomic E-state index is -0.610. The maximum atomic E-state index is 12.0. The van der Waals surface area contributed by atoms with E-state index >= 15 is 0 Å². The van der Waals surface area contributed by atoms with Crippen molar-refractivity contribution in [2.45, 2.75) is 52.0 Å². The van der Waals surface area contributed by atoms with Gasteiger partial charge in [-0.2, -0.15) is 4.68 Å². The molecule has 134 valence electrons. The lowest BCUT2D eigenvalue weighted by Crippen LogP contribution is -2.49. The number of methoxy groups -OCH3 is 1. The summed E-state index contributed by atoms with van der Waals surface area (Å²) in [5.41, 5.74) is 2.58. The van der Waals surface area contributed by atoms with Gasteiger partial charge in [-0.1, -0.05) is 13.0 Å². The second-order valence-corrected chi connectivity index (χ2v) is 7.14. The Morgan fingerprint density at radius 2 is 1.88 bits per heavy atom. The van der Waals surface area contributed by atoms with Crippen LogP contribution in [0.25, 0.3) is 5.69 Å². The number of nitrogens with zero attached hydrogens (tertiary/aromatic N) is 4. The third-order valence-electron chi connectivity index (χ3n) is 5.00. The summed E-state index contributed by atoms with van der Waals surface area (Å²) < 4.78 is 6.60. The van der Waals surface area contributed by atoms with E-state index in [1.165, 1.54) is 7.11 Å². The van der Waals surface area contributed by atoms with E-state index in [1.807, 2.05) is 26.0 Å². The topological polar surface area (TPSA) is 81.9 Å². The number of hydrogen-bond donors (Lipinski definition) is 1. The van der Waals surface area contributed by atoms with Crippen molar-refractivity contribution < 1.29 is 9.53 Å². The smallest absolute Gasteiger partial charge is 0.407 e. The van der Waals surface area contributed by atoms with Gasteiger partial charge in [0, 0.05) is 0 Å². The maximum Gasteiger partial charge on any atom is 0.407 e. The molecule has 2 aromatic rings. The summed E-state index contributed by atoms with van der Waals surface area (Å²) in [6.45, 7) is 6.32. The Balaban J connectivity index is 2.05. The van der Waals surface area contributed by atoms with E-state index in [0.717, 1.165) is 42.5 Å². The van der Waals surface area contributed by atoms with Gasteiger partial charge in [0.05, 0.1) is 12.8 Å². The van der Waals surface area contributed by atoms with Crippen LogP contribution in [-0.2, 0) is 10.3 Å². The molecule has 0 unspecified atom stereocenters. The van der Waals surface area contributed by atoms with Crippen LogP contribution in [0.2, 0.25) is 0 Å². The molecule has 1 aliphatic carbocycles. The van der Waals surface area contributed by atoms with Crippen LogP contribution in [-0.4, -0.2) is 33.4 Å². The average Bonchev–Trinajstić information content (AvgIpc) is 3.06. The maximum absolute atomic E-state index is 12.0. The van der Waals surface area contributed by atoms with Gasteiger partial charge in [-0.15, -0.1) is 5.10 Å². The molecule has 7 nitrogen and oxygen atoms in total. The number of nitrogens with one attached hydrogen (secondary N) is 1. The molecule has 1 N–H and O–H groups in total. The lowest BCUT2D eigenvalue weighted by Gasteiger charge is -2.38. The fourth-order valence-electron chi connectivity index (χ4n) is 3.64. The second kappa shape index (κ2) is 6.82. The molecule has 7 heteroatoms. The Hall–Kier alpha value is -2.44. The SMILES string of the molecule is COC(=O)NC1(c2nnnn2-c2cc(C)cc(C)c2)CCC(C)CC1. The summed E-state index contributed by atoms with van der Waals surface area (Å²) in [6, 6.07) is 6.20. The Labute approximate surface area is 147 Å². The number of amides is 1. The molecule has 25 heavy (non-hydrogen) atoms. The zero-order valence-electron chi connectivity index (χ0n) is 15.2. The molecular formula is C18H25N5O2. The van der Waals surface area contributed by atoms with Crippen LogP contribution in [0.1, 0.15) is 49.6 Å². The number of tetrazole rings is 1. The van der Waals surface area contributed by atoms with Gasteiger partial charge in [0.1, 0.15) is 5.54 Å². The largest absolute Gasteiger partial charge is 0.453 e. The van der Waals surface area contributed by atoms with Gasteiger partial charge < -0.3 is 10.1 Å². The number of rotatable bonds is 3. The van der Waals surface area contributed by atoms with Crippen LogP contribution < -0.4 is 5.32 Å². The fraction of sp³-hybridized carbons (Fsp3) is 0.556.